The molecule has 5 heteroatoms. The molecule has 0 aliphatic heterocycles. The molecular weight excluding hydrogens is 362 g/mol. The maximum Gasteiger partial charge on any atom is 0.356 e. The van der Waals surface area contributed by atoms with Gasteiger partial charge in [0.2, 0.25) is 0 Å². The standard InChI is InChI=1S/C24H21N3O2/c1-24(2,3)16-13-14-21-19(15-16)18-11-7-8-12-20(18)26-22(28)25(23(29)27(21)26)17-9-5-4-6-10-17/h4-15H,1-3H3. The lowest BCUT2D eigenvalue weighted by atomic mass is 9.86. The molecule has 0 bridgehead atoms. The van der Waals surface area contributed by atoms with E-state index in [-0.39, 0.29) is 16.8 Å². The van der Waals surface area contributed by atoms with Crippen molar-refractivity contribution in [3.05, 3.63) is 99.3 Å². The Balaban J connectivity index is 2.05. The van der Waals surface area contributed by atoms with Crippen LogP contribution in [0.15, 0.2) is 82.4 Å². The largest absolute Gasteiger partial charge is 0.356 e. The van der Waals surface area contributed by atoms with E-state index in [0.717, 1.165) is 10.8 Å². The molecule has 0 fully saturated rings. The van der Waals surface area contributed by atoms with Crippen LogP contribution in [0.1, 0.15) is 26.3 Å². The number of nitrogens with zero attached hydrogens (tertiary/aromatic N) is 3. The highest BCUT2D eigenvalue weighted by Crippen LogP contribution is 2.29. The van der Waals surface area contributed by atoms with Crippen molar-refractivity contribution >= 4 is 21.8 Å². The van der Waals surface area contributed by atoms with Gasteiger partial charge in [-0.25, -0.2) is 14.2 Å². The number of aromatic nitrogens is 3. The number of benzene rings is 3. The smallest absolute Gasteiger partial charge is 0.245 e. The molecule has 0 atom stereocenters. The number of para-hydroxylation sites is 2. The lowest BCUT2D eigenvalue weighted by molar-refractivity contribution is 0.591. The minimum atomic E-state index is -0.376. The molecule has 144 valence electrons. The van der Waals surface area contributed by atoms with Crippen molar-refractivity contribution in [1.82, 2.24) is 13.6 Å². The third-order valence-corrected chi connectivity index (χ3v) is 5.47. The normalized spacial score (nSPS) is 12.2. The van der Waals surface area contributed by atoms with E-state index in [1.807, 2.05) is 54.6 Å². The summed E-state index contributed by atoms with van der Waals surface area (Å²) in [5.41, 5.74) is 2.39. The number of hydrogen-bond acceptors (Lipinski definition) is 2. The van der Waals surface area contributed by atoms with Crippen molar-refractivity contribution in [2.24, 2.45) is 0 Å². The average molecular weight is 383 g/mol. The second kappa shape index (κ2) is 5.95. The molecule has 29 heavy (non-hydrogen) atoms. The van der Waals surface area contributed by atoms with Gasteiger partial charge in [0.05, 0.1) is 16.7 Å². The van der Waals surface area contributed by atoms with Crippen LogP contribution in [-0.2, 0) is 5.41 Å². The summed E-state index contributed by atoms with van der Waals surface area (Å²) < 4.78 is 4.19. The molecule has 2 heterocycles. The van der Waals surface area contributed by atoms with Crippen LogP contribution >= 0.6 is 0 Å². The molecule has 0 saturated carbocycles. The fraction of sp³-hybridized carbons (Fsp3) is 0.167. The van der Waals surface area contributed by atoms with Gasteiger partial charge in [-0.3, -0.25) is 0 Å². The van der Waals surface area contributed by atoms with Crippen LogP contribution in [0.2, 0.25) is 0 Å². The zero-order chi connectivity index (χ0) is 20.3. The van der Waals surface area contributed by atoms with E-state index in [1.54, 1.807) is 12.1 Å². The minimum Gasteiger partial charge on any atom is -0.245 e. The van der Waals surface area contributed by atoms with E-state index in [2.05, 4.69) is 26.8 Å². The lowest BCUT2D eigenvalue weighted by Crippen LogP contribution is -2.25. The maximum atomic E-state index is 13.4. The summed E-state index contributed by atoms with van der Waals surface area (Å²) in [5, 5.41) is 1.90. The van der Waals surface area contributed by atoms with Gasteiger partial charge in [-0.1, -0.05) is 63.2 Å². The maximum absolute atomic E-state index is 13.4. The van der Waals surface area contributed by atoms with Crippen LogP contribution in [0.4, 0.5) is 0 Å². The van der Waals surface area contributed by atoms with Gasteiger partial charge in [0, 0.05) is 10.8 Å². The van der Waals surface area contributed by atoms with Crippen molar-refractivity contribution in [3.8, 4) is 5.69 Å². The molecule has 0 spiro atoms. The zero-order valence-corrected chi connectivity index (χ0v) is 16.6. The van der Waals surface area contributed by atoms with Gasteiger partial charge in [0.1, 0.15) is 0 Å². The van der Waals surface area contributed by atoms with Gasteiger partial charge in [0.25, 0.3) is 0 Å². The summed E-state index contributed by atoms with van der Waals surface area (Å²) in [6.45, 7) is 6.49. The lowest BCUT2D eigenvalue weighted by Gasteiger charge is -2.20. The highest BCUT2D eigenvalue weighted by atomic mass is 16.2. The summed E-state index contributed by atoms with van der Waals surface area (Å²) in [7, 11) is 0. The molecule has 0 aliphatic carbocycles. The molecule has 5 rings (SSSR count). The molecule has 3 aromatic carbocycles. The first kappa shape index (κ1) is 17.5. The zero-order valence-electron chi connectivity index (χ0n) is 16.6. The van der Waals surface area contributed by atoms with Crippen molar-refractivity contribution in [1.29, 1.82) is 0 Å². The number of hydrogen-bond donors (Lipinski definition) is 0. The molecule has 0 unspecified atom stereocenters. The third kappa shape index (κ3) is 2.47. The Morgan fingerprint density at radius 3 is 1.90 bits per heavy atom. The molecule has 0 saturated heterocycles. The summed E-state index contributed by atoms with van der Waals surface area (Å²) in [5.74, 6) is 0. The van der Waals surface area contributed by atoms with Crippen LogP contribution in [0.5, 0.6) is 0 Å². The average Bonchev–Trinajstić information content (AvgIpc) is 2.98. The highest BCUT2D eigenvalue weighted by Gasteiger charge is 2.20. The van der Waals surface area contributed by atoms with Crippen LogP contribution in [0.3, 0.4) is 0 Å². The SMILES string of the molecule is CC(C)(C)c1ccc2c(c1)c1ccccc1n1c(=O)n(-c3ccccc3)c(=O)n21. The molecule has 0 N–H and O–H groups in total. The van der Waals surface area contributed by atoms with Crippen LogP contribution in [-0.4, -0.2) is 13.6 Å². The van der Waals surface area contributed by atoms with Gasteiger partial charge in [-0.05, 0) is 41.3 Å². The van der Waals surface area contributed by atoms with E-state index >= 15 is 0 Å². The molecule has 0 radical (unpaired) electrons. The van der Waals surface area contributed by atoms with E-state index in [0.29, 0.717) is 16.7 Å². The molecule has 2 aromatic heterocycles. The second-order valence-corrected chi connectivity index (χ2v) is 8.36. The van der Waals surface area contributed by atoms with Gasteiger partial charge in [0.15, 0.2) is 0 Å². The Bertz CT molecular complexity index is 1510. The molecular formula is C24H21N3O2. The summed E-state index contributed by atoms with van der Waals surface area (Å²) in [6, 6.07) is 22.9. The number of rotatable bonds is 1. The first-order chi connectivity index (χ1) is 13.9. The molecule has 0 amide bonds. The van der Waals surface area contributed by atoms with Gasteiger partial charge < -0.3 is 0 Å². The highest BCUT2D eigenvalue weighted by molar-refractivity contribution is 6.04. The Morgan fingerprint density at radius 1 is 0.655 bits per heavy atom. The Hall–Kier alpha value is -3.60. The fourth-order valence-corrected chi connectivity index (χ4v) is 3.95. The molecule has 5 aromatic rings. The van der Waals surface area contributed by atoms with E-state index in [4.69, 9.17) is 0 Å². The van der Waals surface area contributed by atoms with Crippen molar-refractivity contribution in [2.45, 2.75) is 26.2 Å². The minimum absolute atomic E-state index is 0.0258. The van der Waals surface area contributed by atoms with Crippen LogP contribution in [0, 0.1) is 0 Å². The predicted molar refractivity (Wildman–Crippen MR) is 116 cm³/mol. The Kier molecular flexibility index (Phi) is 3.59. The Labute approximate surface area is 167 Å². The van der Waals surface area contributed by atoms with Crippen molar-refractivity contribution < 1.29 is 0 Å². The monoisotopic (exact) mass is 383 g/mol. The van der Waals surface area contributed by atoms with Gasteiger partial charge in [-0.15, -0.1) is 0 Å². The fourth-order valence-electron chi connectivity index (χ4n) is 3.95. The van der Waals surface area contributed by atoms with Gasteiger partial charge >= 0.3 is 11.4 Å². The summed E-state index contributed by atoms with van der Waals surface area (Å²) in [6.07, 6.45) is 0. The van der Waals surface area contributed by atoms with Crippen LogP contribution < -0.4 is 11.4 Å². The van der Waals surface area contributed by atoms with E-state index < -0.39 is 0 Å². The topological polar surface area (TPSA) is 47.9 Å². The quantitative estimate of drug-likeness (QED) is 0.408. The number of fused-ring (bicyclic) bond motifs is 6. The van der Waals surface area contributed by atoms with Crippen molar-refractivity contribution in [3.63, 3.8) is 0 Å². The van der Waals surface area contributed by atoms with E-state index in [9.17, 15) is 9.59 Å². The first-order valence-electron chi connectivity index (χ1n) is 9.65. The van der Waals surface area contributed by atoms with E-state index in [1.165, 1.54) is 19.2 Å². The first-order valence-corrected chi connectivity index (χ1v) is 9.65. The summed E-state index contributed by atoms with van der Waals surface area (Å²) in [4.78, 5) is 26.7. The van der Waals surface area contributed by atoms with Crippen LogP contribution in [0.25, 0.3) is 27.5 Å². The molecule has 0 aliphatic rings. The summed E-state index contributed by atoms with van der Waals surface area (Å²) >= 11 is 0. The molecule has 5 nitrogen and oxygen atoms in total. The third-order valence-electron chi connectivity index (χ3n) is 5.47. The predicted octanol–water partition coefficient (Wildman–Crippen LogP) is 4.15. The van der Waals surface area contributed by atoms with Crippen molar-refractivity contribution in [2.75, 3.05) is 0 Å². The Morgan fingerprint density at radius 2 is 1.24 bits per heavy atom. The second-order valence-electron chi connectivity index (χ2n) is 8.36. The van der Waals surface area contributed by atoms with Gasteiger partial charge in [-0.2, -0.15) is 9.03 Å².